The van der Waals surface area contributed by atoms with Crippen LogP contribution in [-0.4, -0.2) is 47.8 Å². The van der Waals surface area contributed by atoms with Crippen LogP contribution < -0.4 is 5.32 Å². The van der Waals surface area contributed by atoms with E-state index in [-0.39, 0.29) is 11.3 Å². The number of nitrogens with zero attached hydrogens (tertiary/aromatic N) is 1. The minimum atomic E-state index is -0.858. The van der Waals surface area contributed by atoms with Gasteiger partial charge in [-0.1, -0.05) is 0 Å². The molecule has 0 bridgehead atoms. The van der Waals surface area contributed by atoms with Crippen molar-refractivity contribution in [3.05, 3.63) is 29.6 Å². The molecular weight excluding hydrogens is 223 g/mol. The third-order valence-corrected chi connectivity index (χ3v) is 2.99. The summed E-state index contributed by atoms with van der Waals surface area (Å²) < 4.78 is 13.0. The number of halogens is 1. The molecule has 4 nitrogen and oxygen atoms in total. The fraction of sp³-hybridized carbons (Fsp3) is 0.500. The van der Waals surface area contributed by atoms with E-state index in [1.165, 1.54) is 18.2 Å². The predicted molar refractivity (Wildman–Crippen MR) is 62.3 cm³/mol. The maximum atomic E-state index is 13.0. The van der Waals surface area contributed by atoms with Crippen molar-refractivity contribution in [2.45, 2.75) is 6.10 Å². The Morgan fingerprint density at radius 2 is 2.06 bits per heavy atom. The van der Waals surface area contributed by atoms with Crippen molar-refractivity contribution < 1.29 is 14.6 Å². The van der Waals surface area contributed by atoms with E-state index in [4.69, 9.17) is 0 Å². The third kappa shape index (κ3) is 3.15. The highest BCUT2D eigenvalue weighted by atomic mass is 19.1. The maximum Gasteiger partial charge on any atom is 0.123 e. The molecule has 5 heteroatoms. The predicted octanol–water partition coefficient (Wildman–Crippen LogP) is 0.470. The van der Waals surface area contributed by atoms with E-state index < -0.39 is 11.9 Å². The Hall–Kier alpha value is -1.17. The molecule has 0 aliphatic carbocycles. The molecular formula is C12H17FN2O2. The van der Waals surface area contributed by atoms with E-state index in [0.717, 1.165) is 26.2 Å². The lowest BCUT2D eigenvalue weighted by Gasteiger charge is -2.29. The number of β-amino-alcohol motifs (C(OH)–C–C–N with tert-alkyl or cyclic N) is 1. The molecule has 1 aromatic carbocycles. The SMILES string of the molecule is Oc1ccc(F)cc1C(O)CN1CCNCC1. The Morgan fingerprint density at radius 1 is 1.35 bits per heavy atom. The highest BCUT2D eigenvalue weighted by Crippen LogP contribution is 2.25. The number of aliphatic hydroxyl groups excluding tert-OH is 1. The number of piperazine rings is 1. The van der Waals surface area contributed by atoms with E-state index in [2.05, 4.69) is 10.2 Å². The van der Waals surface area contributed by atoms with Crippen LogP contribution in [-0.2, 0) is 0 Å². The molecule has 1 aliphatic rings. The van der Waals surface area contributed by atoms with Crippen molar-refractivity contribution in [2.24, 2.45) is 0 Å². The number of nitrogens with one attached hydrogen (secondary N) is 1. The molecule has 1 saturated heterocycles. The van der Waals surface area contributed by atoms with Crippen molar-refractivity contribution in [3.63, 3.8) is 0 Å². The van der Waals surface area contributed by atoms with Gasteiger partial charge in [0.2, 0.25) is 0 Å². The lowest BCUT2D eigenvalue weighted by atomic mass is 10.1. The molecule has 1 heterocycles. The molecule has 0 amide bonds. The topological polar surface area (TPSA) is 55.7 Å². The first-order valence-corrected chi connectivity index (χ1v) is 5.76. The van der Waals surface area contributed by atoms with Crippen LogP contribution in [0.1, 0.15) is 11.7 Å². The summed E-state index contributed by atoms with van der Waals surface area (Å²) in [6.45, 7) is 3.91. The number of phenolic OH excluding ortho intramolecular Hbond substituents is 1. The number of hydrogen-bond donors (Lipinski definition) is 3. The van der Waals surface area contributed by atoms with Gasteiger partial charge in [0.05, 0.1) is 6.10 Å². The van der Waals surface area contributed by atoms with Gasteiger partial charge in [-0.3, -0.25) is 4.90 Å². The molecule has 1 aromatic rings. The van der Waals surface area contributed by atoms with Crippen LogP contribution in [0.25, 0.3) is 0 Å². The van der Waals surface area contributed by atoms with Crippen molar-refractivity contribution in [2.75, 3.05) is 32.7 Å². The first-order valence-electron chi connectivity index (χ1n) is 5.76. The Kier molecular flexibility index (Phi) is 3.93. The van der Waals surface area contributed by atoms with Crippen LogP contribution in [0.2, 0.25) is 0 Å². The summed E-state index contributed by atoms with van der Waals surface area (Å²) in [5.41, 5.74) is 0.253. The molecule has 0 radical (unpaired) electrons. The van der Waals surface area contributed by atoms with Crippen LogP contribution in [0.3, 0.4) is 0 Å². The second kappa shape index (κ2) is 5.44. The number of benzene rings is 1. The first-order chi connectivity index (χ1) is 8.16. The minimum Gasteiger partial charge on any atom is -0.508 e. The molecule has 1 unspecified atom stereocenters. The summed E-state index contributed by atoms with van der Waals surface area (Å²) in [5.74, 6) is -0.508. The van der Waals surface area contributed by atoms with Crippen molar-refractivity contribution in [3.8, 4) is 5.75 Å². The van der Waals surface area contributed by atoms with Gasteiger partial charge in [-0.2, -0.15) is 0 Å². The van der Waals surface area contributed by atoms with Gasteiger partial charge in [-0.05, 0) is 18.2 Å². The van der Waals surface area contributed by atoms with E-state index >= 15 is 0 Å². The molecule has 0 saturated carbocycles. The maximum absolute atomic E-state index is 13.0. The van der Waals surface area contributed by atoms with Crippen LogP contribution in [0.4, 0.5) is 4.39 Å². The third-order valence-electron chi connectivity index (χ3n) is 2.99. The van der Waals surface area contributed by atoms with Crippen molar-refractivity contribution in [1.29, 1.82) is 0 Å². The van der Waals surface area contributed by atoms with Crippen LogP contribution in [0.15, 0.2) is 18.2 Å². The number of hydrogen-bond acceptors (Lipinski definition) is 4. The zero-order chi connectivity index (χ0) is 12.3. The standard InChI is InChI=1S/C12H17FN2O2/c13-9-1-2-11(16)10(7-9)12(17)8-15-5-3-14-4-6-15/h1-2,7,12,14,16-17H,3-6,8H2. The molecule has 3 N–H and O–H groups in total. The Labute approximate surface area is 99.7 Å². The quantitative estimate of drug-likeness (QED) is 0.719. The highest BCUT2D eigenvalue weighted by molar-refractivity contribution is 5.34. The summed E-state index contributed by atoms with van der Waals surface area (Å²) in [4.78, 5) is 2.09. The summed E-state index contributed by atoms with van der Waals surface area (Å²) in [6.07, 6.45) is -0.858. The molecule has 0 aromatic heterocycles. The number of aromatic hydroxyl groups is 1. The smallest absolute Gasteiger partial charge is 0.123 e. The molecule has 17 heavy (non-hydrogen) atoms. The van der Waals surface area contributed by atoms with Gasteiger partial charge in [-0.25, -0.2) is 4.39 Å². The largest absolute Gasteiger partial charge is 0.508 e. The molecule has 1 fully saturated rings. The zero-order valence-corrected chi connectivity index (χ0v) is 9.56. The van der Waals surface area contributed by atoms with Crippen LogP contribution in [0, 0.1) is 5.82 Å². The van der Waals surface area contributed by atoms with Crippen LogP contribution in [0.5, 0.6) is 5.75 Å². The van der Waals surface area contributed by atoms with E-state index in [1.54, 1.807) is 0 Å². The Balaban J connectivity index is 2.02. The number of phenols is 1. The lowest BCUT2D eigenvalue weighted by Crippen LogP contribution is -2.44. The van der Waals surface area contributed by atoms with Gasteiger partial charge in [0, 0.05) is 38.3 Å². The monoisotopic (exact) mass is 240 g/mol. The van der Waals surface area contributed by atoms with E-state index in [9.17, 15) is 14.6 Å². The lowest BCUT2D eigenvalue weighted by molar-refractivity contribution is 0.103. The molecule has 1 aliphatic heterocycles. The minimum absolute atomic E-state index is 0.0611. The second-order valence-corrected chi connectivity index (χ2v) is 4.27. The van der Waals surface area contributed by atoms with Crippen LogP contribution >= 0.6 is 0 Å². The summed E-state index contributed by atoms with van der Waals surface area (Å²) in [6, 6.07) is 3.63. The first kappa shape index (κ1) is 12.3. The van der Waals surface area contributed by atoms with Gasteiger partial charge in [0.15, 0.2) is 0 Å². The fourth-order valence-corrected chi connectivity index (χ4v) is 2.03. The van der Waals surface area contributed by atoms with Gasteiger partial charge >= 0.3 is 0 Å². The average Bonchev–Trinajstić information content (AvgIpc) is 2.33. The Morgan fingerprint density at radius 3 is 2.76 bits per heavy atom. The number of rotatable bonds is 3. The summed E-state index contributed by atoms with van der Waals surface area (Å²) >= 11 is 0. The van der Waals surface area contributed by atoms with Crippen molar-refractivity contribution in [1.82, 2.24) is 10.2 Å². The normalized spacial score (nSPS) is 19.2. The average molecular weight is 240 g/mol. The van der Waals surface area contributed by atoms with E-state index in [1.807, 2.05) is 0 Å². The summed E-state index contributed by atoms with van der Waals surface area (Å²) in [7, 11) is 0. The molecule has 94 valence electrons. The van der Waals surface area contributed by atoms with Crippen molar-refractivity contribution >= 4 is 0 Å². The number of aliphatic hydroxyl groups is 1. The fourth-order valence-electron chi connectivity index (χ4n) is 2.03. The van der Waals surface area contributed by atoms with E-state index in [0.29, 0.717) is 6.54 Å². The Bertz CT molecular complexity index is 381. The second-order valence-electron chi connectivity index (χ2n) is 4.27. The van der Waals surface area contributed by atoms with Gasteiger partial charge in [0.25, 0.3) is 0 Å². The molecule has 2 rings (SSSR count). The van der Waals surface area contributed by atoms with Gasteiger partial charge in [0.1, 0.15) is 11.6 Å². The van der Waals surface area contributed by atoms with Gasteiger partial charge < -0.3 is 15.5 Å². The van der Waals surface area contributed by atoms with Gasteiger partial charge in [-0.15, -0.1) is 0 Å². The zero-order valence-electron chi connectivity index (χ0n) is 9.56. The summed E-state index contributed by atoms with van der Waals surface area (Å²) in [5, 5.41) is 22.8. The molecule has 0 spiro atoms. The highest BCUT2D eigenvalue weighted by Gasteiger charge is 2.18. The molecule has 1 atom stereocenters.